The summed E-state index contributed by atoms with van der Waals surface area (Å²) < 4.78 is 19.8. The van der Waals surface area contributed by atoms with Gasteiger partial charge in [-0.2, -0.15) is 0 Å². The molecular weight excluding hydrogens is 373 g/mol. The lowest BCUT2D eigenvalue weighted by atomic mass is 9.65. The van der Waals surface area contributed by atoms with Gasteiger partial charge in [-0.3, -0.25) is 0 Å². The van der Waals surface area contributed by atoms with E-state index in [1.807, 2.05) is 30.3 Å². The SMILES string of the molecule is O=C(OCc1ccccc1)N1CCC2(CC1)CCC(F)(CBr)CC2. The molecule has 1 saturated carbocycles. The van der Waals surface area contributed by atoms with E-state index < -0.39 is 5.67 Å². The maximum atomic E-state index is 14.4. The van der Waals surface area contributed by atoms with E-state index in [-0.39, 0.29) is 11.5 Å². The minimum atomic E-state index is -1.03. The average Bonchev–Trinajstić information content (AvgIpc) is 2.64. The second-order valence-electron chi connectivity index (χ2n) is 7.31. The first-order valence-electron chi connectivity index (χ1n) is 8.75. The van der Waals surface area contributed by atoms with Crippen LogP contribution < -0.4 is 0 Å². The molecule has 132 valence electrons. The molecule has 1 heterocycles. The van der Waals surface area contributed by atoms with Gasteiger partial charge in [0.2, 0.25) is 0 Å². The number of ether oxygens (including phenoxy) is 1. The Balaban J connectivity index is 1.46. The molecule has 5 heteroatoms. The van der Waals surface area contributed by atoms with Crippen molar-refractivity contribution in [2.24, 2.45) is 5.41 Å². The molecule has 0 atom stereocenters. The van der Waals surface area contributed by atoms with Crippen LogP contribution in [-0.4, -0.2) is 35.1 Å². The van der Waals surface area contributed by atoms with Crippen LogP contribution in [0.15, 0.2) is 30.3 Å². The molecule has 1 saturated heterocycles. The number of rotatable bonds is 3. The van der Waals surface area contributed by atoms with Crippen LogP contribution in [0, 0.1) is 5.41 Å². The Hall–Kier alpha value is -1.10. The lowest BCUT2D eigenvalue weighted by molar-refractivity contribution is 0.00723. The third-order valence-corrected chi connectivity index (χ3v) is 6.74. The first-order valence-corrected chi connectivity index (χ1v) is 9.87. The number of halogens is 2. The minimum Gasteiger partial charge on any atom is -0.445 e. The van der Waals surface area contributed by atoms with Gasteiger partial charge in [-0.1, -0.05) is 46.3 Å². The summed E-state index contributed by atoms with van der Waals surface area (Å²) in [7, 11) is 0. The highest BCUT2D eigenvalue weighted by Crippen LogP contribution is 2.49. The van der Waals surface area contributed by atoms with Gasteiger partial charge in [0.25, 0.3) is 0 Å². The third-order valence-electron chi connectivity index (χ3n) is 5.73. The number of hydrogen-bond acceptors (Lipinski definition) is 2. The Bertz CT molecular complexity index is 548. The van der Waals surface area contributed by atoms with Gasteiger partial charge in [-0.15, -0.1) is 0 Å². The molecule has 1 aromatic carbocycles. The number of piperidine rings is 1. The molecule has 1 spiro atoms. The van der Waals surface area contributed by atoms with Crippen molar-refractivity contribution < 1.29 is 13.9 Å². The fourth-order valence-electron chi connectivity index (χ4n) is 3.84. The van der Waals surface area contributed by atoms with Gasteiger partial charge in [0, 0.05) is 18.4 Å². The van der Waals surface area contributed by atoms with Crippen LogP contribution in [0.4, 0.5) is 9.18 Å². The van der Waals surface area contributed by atoms with Crippen LogP contribution >= 0.6 is 15.9 Å². The molecule has 1 aromatic rings. The maximum Gasteiger partial charge on any atom is 0.410 e. The summed E-state index contributed by atoms with van der Waals surface area (Å²) in [4.78, 5) is 14.0. The van der Waals surface area contributed by atoms with E-state index in [0.717, 1.165) is 44.3 Å². The van der Waals surface area contributed by atoms with Crippen molar-refractivity contribution in [3.05, 3.63) is 35.9 Å². The predicted octanol–water partition coefficient (Wildman–Crippen LogP) is 5.08. The van der Waals surface area contributed by atoms with Crippen molar-refractivity contribution in [3.63, 3.8) is 0 Å². The molecule has 0 N–H and O–H groups in total. The molecule has 3 nitrogen and oxygen atoms in total. The average molecular weight is 398 g/mol. The van der Waals surface area contributed by atoms with E-state index >= 15 is 0 Å². The monoisotopic (exact) mass is 397 g/mol. The standard InChI is InChI=1S/C19H25BrFNO2/c20-15-19(21)8-6-18(7-9-19)10-12-22(13-11-18)17(23)24-14-16-4-2-1-3-5-16/h1-5H,6-15H2. The van der Waals surface area contributed by atoms with Gasteiger partial charge in [0.1, 0.15) is 12.3 Å². The Morgan fingerprint density at radius 2 is 1.71 bits per heavy atom. The van der Waals surface area contributed by atoms with Crippen LogP contribution in [-0.2, 0) is 11.3 Å². The Labute approximate surface area is 151 Å². The molecule has 1 aliphatic heterocycles. The highest BCUT2D eigenvalue weighted by atomic mass is 79.9. The van der Waals surface area contributed by atoms with E-state index in [1.165, 1.54) is 0 Å². The van der Waals surface area contributed by atoms with Gasteiger partial charge >= 0.3 is 6.09 Å². The van der Waals surface area contributed by atoms with Gasteiger partial charge < -0.3 is 9.64 Å². The molecular formula is C19H25BrFNO2. The molecule has 0 bridgehead atoms. The van der Waals surface area contributed by atoms with Crippen molar-refractivity contribution in [1.82, 2.24) is 4.90 Å². The molecule has 0 radical (unpaired) electrons. The Kier molecular flexibility index (Phi) is 5.48. The van der Waals surface area contributed by atoms with Crippen molar-refractivity contribution in [1.29, 1.82) is 0 Å². The number of hydrogen-bond donors (Lipinski definition) is 0. The van der Waals surface area contributed by atoms with E-state index in [0.29, 0.717) is 24.8 Å². The highest BCUT2D eigenvalue weighted by molar-refractivity contribution is 9.09. The number of likely N-dealkylation sites (tertiary alicyclic amines) is 1. The lowest BCUT2D eigenvalue weighted by Gasteiger charge is -2.47. The third kappa shape index (κ3) is 4.11. The Morgan fingerprint density at radius 3 is 2.29 bits per heavy atom. The summed E-state index contributed by atoms with van der Waals surface area (Å²) in [6.45, 7) is 1.76. The number of nitrogens with zero attached hydrogens (tertiary/aromatic N) is 1. The zero-order valence-corrected chi connectivity index (χ0v) is 15.6. The largest absolute Gasteiger partial charge is 0.445 e. The van der Waals surface area contributed by atoms with E-state index in [2.05, 4.69) is 15.9 Å². The molecule has 2 fully saturated rings. The van der Waals surface area contributed by atoms with Crippen molar-refractivity contribution >= 4 is 22.0 Å². The number of benzene rings is 1. The molecule has 1 amide bonds. The van der Waals surface area contributed by atoms with Gasteiger partial charge in [-0.05, 0) is 49.5 Å². The van der Waals surface area contributed by atoms with Crippen LogP contribution in [0.25, 0.3) is 0 Å². The molecule has 24 heavy (non-hydrogen) atoms. The normalized spacial score (nSPS) is 22.3. The van der Waals surface area contributed by atoms with E-state index in [1.54, 1.807) is 4.90 Å². The molecule has 2 aliphatic rings. The number of alkyl halides is 2. The van der Waals surface area contributed by atoms with E-state index in [9.17, 15) is 9.18 Å². The predicted molar refractivity (Wildman–Crippen MR) is 96.0 cm³/mol. The summed E-state index contributed by atoms with van der Waals surface area (Å²) in [5, 5.41) is 0.439. The topological polar surface area (TPSA) is 29.5 Å². The van der Waals surface area contributed by atoms with Gasteiger partial charge in [0.15, 0.2) is 0 Å². The quantitative estimate of drug-likeness (QED) is 0.665. The second-order valence-corrected chi connectivity index (χ2v) is 7.87. The second kappa shape index (κ2) is 7.42. The van der Waals surface area contributed by atoms with Crippen molar-refractivity contribution in [2.75, 3.05) is 18.4 Å². The molecule has 3 rings (SSSR count). The smallest absolute Gasteiger partial charge is 0.410 e. The van der Waals surface area contributed by atoms with Crippen LogP contribution in [0.1, 0.15) is 44.1 Å². The van der Waals surface area contributed by atoms with Gasteiger partial charge in [-0.25, -0.2) is 9.18 Å². The van der Waals surface area contributed by atoms with Crippen molar-refractivity contribution in [2.45, 2.75) is 50.8 Å². The number of amides is 1. The zero-order valence-electron chi connectivity index (χ0n) is 14.0. The highest BCUT2D eigenvalue weighted by Gasteiger charge is 2.44. The fourth-order valence-corrected chi connectivity index (χ4v) is 4.40. The minimum absolute atomic E-state index is 0.230. The summed E-state index contributed by atoms with van der Waals surface area (Å²) in [5.74, 6) is 0. The summed E-state index contributed by atoms with van der Waals surface area (Å²) >= 11 is 3.30. The molecule has 0 unspecified atom stereocenters. The first-order chi connectivity index (χ1) is 11.5. The zero-order chi connectivity index (χ0) is 17.0. The van der Waals surface area contributed by atoms with Crippen LogP contribution in [0.3, 0.4) is 0 Å². The molecule has 0 aromatic heterocycles. The van der Waals surface area contributed by atoms with Crippen molar-refractivity contribution in [3.8, 4) is 0 Å². The maximum absolute atomic E-state index is 14.4. The molecule has 1 aliphatic carbocycles. The fraction of sp³-hybridized carbons (Fsp3) is 0.632. The number of carbonyl (C=O) groups excluding carboxylic acids is 1. The van der Waals surface area contributed by atoms with Gasteiger partial charge in [0.05, 0.1) is 0 Å². The summed E-state index contributed by atoms with van der Waals surface area (Å²) in [5.41, 5.74) is 0.200. The van der Waals surface area contributed by atoms with E-state index in [4.69, 9.17) is 4.74 Å². The van der Waals surface area contributed by atoms with Crippen LogP contribution in [0.5, 0.6) is 0 Å². The Morgan fingerprint density at radius 1 is 1.08 bits per heavy atom. The summed E-state index contributed by atoms with van der Waals surface area (Å²) in [6.07, 6.45) is 4.83. The lowest BCUT2D eigenvalue weighted by Crippen LogP contribution is -2.46. The first kappa shape index (κ1) is 17.7. The summed E-state index contributed by atoms with van der Waals surface area (Å²) in [6, 6.07) is 9.73. The van der Waals surface area contributed by atoms with Crippen LogP contribution in [0.2, 0.25) is 0 Å². The number of carbonyl (C=O) groups is 1.